The van der Waals surface area contributed by atoms with Gasteiger partial charge in [-0.25, -0.2) is 9.59 Å². The van der Waals surface area contributed by atoms with E-state index in [-0.39, 0.29) is 6.73 Å². The van der Waals surface area contributed by atoms with Gasteiger partial charge in [-0.3, -0.25) is 9.59 Å². The number of halogens is 3. The van der Waals surface area contributed by atoms with Crippen molar-refractivity contribution in [3.8, 4) is 0 Å². The van der Waals surface area contributed by atoms with Crippen LogP contribution in [0.4, 0.5) is 13.2 Å². The van der Waals surface area contributed by atoms with Crippen molar-refractivity contribution in [1.82, 2.24) is 10.6 Å². The fourth-order valence-corrected chi connectivity index (χ4v) is 1.91. The number of rotatable bonds is 5. The van der Waals surface area contributed by atoms with E-state index in [1.807, 2.05) is 0 Å². The molecule has 0 saturated carbocycles. The van der Waals surface area contributed by atoms with Crippen LogP contribution in [0.15, 0.2) is 11.8 Å². The molecule has 26 heavy (non-hydrogen) atoms. The molecule has 2 amide bonds. The molecular weight excluding hydrogens is 367 g/mol. The third-order valence-electron chi connectivity index (χ3n) is 2.98. The summed E-state index contributed by atoms with van der Waals surface area (Å²) in [6.45, 7) is 0.878. The van der Waals surface area contributed by atoms with E-state index in [2.05, 4.69) is 20.1 Å². The van der Waals surface area contributed by atoms with E-state index < -0.39 is 53.9 Å². The minimum atomic E-state index is -5.40. The Morgan fingerprint density at radius 1 is 1.31 bits per heavy atom. The maximum atomic E-state index is 12.2. The van der Waals surface area contributed by atoms with Crippen LogP contribution in [0.25, 0.3) is 0 Å². The van der Waals surface area contributed by atoms with Crippen molar-refractivity contribution in [2.45, 2.75) is 31.3 Å². The molecule has 0 aliphatic carbocycles. The van der Waals surface area contributed by atoms with Crippen LogP contribution in [0.5, 0.6) is 0 Å². The summed E-state index contributed by atoms with van der Waals surface area (Å²) in [5.41, 5.74) is 5.73. The molecule has 1 aliphatic heterocycles. The highest BCUT2D eigenvalue weighted by atomic mass is 19.4. The lowest BCUT2D eigenvalue weighted by Crippen LogP contribution is -2.61. The van der Waals surface area contributed by atoms with Crippen LogP contribution in [0, 0.1) is 0 Å². The molecule has 13 heteroatoms. The molecule has 1 aliphatic rings. The van der Waals surface area contributed by atoms with Crippen molar-refractivity contribution >= 4 is 23.8 Å². The second-order valence-corrected chi connectivity index (χ2v) is 5.02. The Morgan fingerprint density at radius 2 is 1.92 bits per heavy atom. The Bertz CT molecular complexity index is 621. The largest absolute Gasteiger partial charge is 0.491 e. The Kier molecular flexibility index (Phi) is 7.09. The molecule has 0 saturated heterocycles. The van der Waals surface area contributed by atoms with E-state index in [0.29, 0.717) is 0 Å². The third-order valence-corrected chi connectivity index (χ3v) is 2.98. The first-order chi connectivity index (χ1) is 12.0. The summed E-state index contributed by atoms with van der Waals surface area (Å²) < 4.78 is 49.8. The van der Waals surface area contributed by atoms with Crippen LogP contribution in [0.1, 0.15) is 6.92 Å². The molecule has 0 unspecified atom stereocenters. The van der Waals surface area contributed by atoms with Crippen molar-refractivity contribution in [2.24, 2.45) is 5.73 Å². The second kappa shape index (κ2) is 8.62. The minimum absolute atomic E-state index is 0.253. The van der Waals surface area contributed by atoms with Gasteiger partial charge in [0.15, 0.2) is 6.10 Å². The number of carbonyl (C=O) groups excluding carboxylic acids is 4. The van der Waals surface area contributed by atoms with Crippen molar-refractivity contribution in [3.63, 3.8) is 0 Å². The van der Waals surface area contributed by atoms with Crippen molar-refractivity contribution in [3.05, 3.63) is 11.8 Å². The first-order valence-corrected chi connectivity index (χ1v) is 6.98. The highest BCUT2D eigenvalue weighted by Gasteiger charge is 2.45. The van der Waals surface area contributed by atoms with Crippen LogP contribution in [-0.4, -0.2) is 62.0 Å². The normalized spacial score (nSPS) is 22.5. The predicted molar refractivity (Wildman–Crippen MR) is 75.7 cm³/mol. The van der Waals surface area contributed by atoms with Gasteiger partial charge in [-0.2, -0.15) is 13.2 Å². The van der Waals surface area contributed by atoms with Gasteiger partial charge in [0.2, 0.25) is 11.7 Å². The average Bonchev–Trinajstić information content (AvgIpc) is 2.52. The quantitative estimate of drug-likeness (QED) is 0.294. The molecule has 0 aromatic heterocycles. The molecule has 10 nitrogen and oxygen atoms in total. The van der Waals surface area contributed by atoms with E-state index >= 15 is 0 Å². The minimum Gasteiger partial charge on any atom is -0.471 e. The van der Waals surface area contributed by atoms with E-state index in [4.69, 9.17) is 10.5 Å². The number of nitrogens with one attached hydrogen (secondary N) is 2. The van der Waals surface area contributed by atoms with Gasteiger partial charge in [-0.15, -0.1) is 0 Å². The first kappa shape index (κ1) is 21.4. The van der Waals surface area contributed by atoms with E-state index in [9.17, 15) is 32.3 Å². The standard InChI is InChI=1S/C13H16F3N3O7/c1-5(20)19-8-6(17)3-7(11(22)26-12(23)13(14,15)16)25-9(8)10(21)18-4-24-2/h3,6,8-9H,4,17H2,1-2H3,(H,18,21)(H,19,20)/t6-,8+,9+/m0/s1. The van der Waals surface area contributed by atoms with Gasteiger partial charge in [0, 0.05) is 14.0 Å². The van der Waals surface area contributed by atoms with Crippen molar-refractivity contribution in [2.75, 3.05) is 13.8 Å². The third kappa shape index (κ3) is 5.70. The molecule has 0 aromatic carbocycles. The first-order valence-electron chi connectivity index (χ1n) is 6.98. The molecule has 4 N–H and O–H groups in total. The van der Waals surface area contributed by atoms with Crippen LogP contribution >= 0.6 is 0 Å². The summed E-state index contributed by atoms with van der Waals surface area (Å²) in [7, 11) is 1.27. The SMILES string of the molecule is COCNC(=O)[C@@H]1OC(C(=O)OC(=O)C(F)(F)F)=C[C@H](N)[C@H]1NC(C)=O. The molecule has 3 atom stereocenters. The molecule has 1 heterocycles. The van der Waals surface area contributed by atoms with Crippen LogP contribution in [0.3, 0.4) is 0 Å². The van der Waals surface area contributed by atoms with Crippen LogP contribution in [-0.2, 0) is 33.4 Å². The Morgan fingerprint density at radius 3 is 2.42 bits per heavy atom. The maximum absolute atomic E-state index is 12.2. The van der Waals surface area contributed by atoms with Gasteiger partial charge in [0.1, 0.15) is 6.73 Å². The van der Waals surface area contributed by atoms with E-state index in [0.717, 1.165) is 13.0 Å². The number of carbonyl (C=O) groups is 4. The van der Waals surface area contributed by atoms with Gasteiger partial charge in [-0.1, -0.05) is 0 Å². The topological polar surface area (TPSA) is 146 Å². The lowest BCUT2D eigenvalue weighted by atomic mass is 9.98. The number of ether oxygens (including phenoxy) is 3. The lowest BCUT2D eigenvalue weighted by molar-refractivity contribution is -0.201. The number of methoxy groups -OCH3 is 1. The van der Waals surface area contributed by atoms with Gasteiger partial charge >= 0.3 is 18.1 Å². The molecule has 0 aromatic rings. The molecule has 1 rings (SSSR count). The van der Waals surface area contributed by atoms with Crippen LogP contribution < -0.4 is 16.4 Å². The van der Waals surface area contributed by atoms with E-state index in [1.165, 1.54) is 7.11 Å². The number of hydrogen-bond donors (Lipinski definition) is 3. The summed E-state index contributed by atoms with van der Waals surface area (Å²) >= 11 is 0. The number of nitrogens with two attached hydrogens (primary N) is 1. The summed E-state index contributed by atoms with van der Waals surface area (Å²) in [5, 5.41) is 4.56. The number of esters is 2. The monoisotopic (exact) mass is 383 g/mol. The summed E-state index contributed by atoms with van der Waals surface area (Å²) in [4.78, 5) is 45.8. The number of amides is 2. The molecule has 0 radical (unpaired) electrons. The fraction of sp³-hybridized carbons (Fsp3) is 0.538. The highest BCUT2D eigenvalue weighted by Crippen LogP contribution is 2.21. The number of hydrogen-bond acceptors (Lipinski definition) is 8. The molecule has 0 bridgehead atoms. The Balaban J connectivity index is 3.01. The zero-order chi connectivity index (χ0) is 20.1. The Hall–Kier alpha value is -2.67. The van der Waals surface area contributed by atoms with Crippen molar-refractivity contribution in [1.29, 1.82) is 0 Å². The maximum Gasteiger partial charge on any atom is 0.491 e. The Labute approximate surface area is 144 Å². The predicted octanol–water partition coefficient (Wildman–Crippen LogP) is -1.55. The average molecular weight is 383 g/mol. The zero-order valence-corrected chi connectivity index (χ0v) is 13.6. The van der Waals surface area contributed by atoms with Gasteiger partial charge < -0.3 is 30.6 Å². The lowest BCUT2D eigenvalue weighted by Gasteiger charge is -2.34. The van der Waals surface area contributed by atoms with Gasteiger partial charge in [-0.05, 0) is 6.08 Å². The van der Waals surface area contributed by atoms with Crippen LogP contribution in [0.2, 0.25) is 0 Å². The highest BCUT2D eigenvalue weighted by molar-refractivity contribution is 5.97. The summed E-state index contributed by atoms with van der Waals surface area (Å²) in [6.07, 6.45) is -6.16. The second-order valence-electron chi connectivity index (χ2n) is 5.02. The smallest absolute Gasteiger partial charge is 0.471 e. The molecular formula is C13H16F3N3O7. The summed E-state index contributed by atoms with van der Waals surface area (Å²) in [5.74, 6) is -6.88. The fourth-order valence-electron chi connectivity index (χ4n) is 1.91. The molecule has 0 fully saturated rings. The van der Waals surface area contributed by atoms with Gasteiger partial charge in [0.25, 0.3) is 5.91 Å². The van der Waals surface area contributed by atoms with E-state index in [1.54, 1.807) is 0 Å². The molecule has 0 spiro atoms. The van der Waals surface area contributed by atoms with Crippen molar-refractivity contribution < 1.29 is 46.6 Å². The summed E-state index contributed by atoms with van der Waals surface area (Å²) in [6, 6.07) is -2.34. The number of alkyl halides is 3. The van der Waals surface area contributed by atoms with Gasteiger partial charge in [0.05, 0.1) is 12.1 Å². The zero-order valence-electron chi connectivity index (χ0n) is 13.6. The molecule has 146 valence electrons.